The lowest BCUT2D eigenvalue weighted by Gasteiger charge is -2.21. The lowest BCUT2D eigenvalue weighted by molar-refractivity contribution is -0.384. The van der Waals surface area contributed by atoms with Crippen molar-refractivity contribution in [2.45, 2.75) is 13.3 Å². The van der Waals surface area contributed by atoms with Crippen molar-refractivity contribution in [2.75, 3.05) is 18.0 Å². The molecule has 102 valence electrons. The Morgan fingerprint density at radius 1 is 1.58 bits per heavy atom. The van der Waals surface area contributed by atoms with Crippen molar-refractivity contribution in [2.24, 2.45) is 5.41 Å². The van der Waals surface area contributed by atoms with Gasteiger partial charge in [0.25, 0.3) is 5.69 Å². The Kier molecular flexibility index (Phi) is 3.36. The van der Waals surface area contributed by atoms with E-state index >= 15 is 0 Å². The maximum absolute atomic E-state index is 11.2. The van der Waals surface area contributed by atoms with Gasteiger partial charge in [-0.25, -0.2) is 0 Å². The average Bonchev–Trinajstić information content (AvgIpc) is 2.73. The van der Waals surface area contributed by atoms with Gasteiger partial charge in [-0.2, -0.15) is 0 Å². The summed E-state index contributed by atoms with van der Waals surface area (Å²) in [5.41, 5.74) is -0.547. The molecule has 1 aromatic carbocycles. The van der Waals surface area contributed by atoms with E-state index in [2.05, 4.69) is 0 Å². The normalized spacial score (nSPS) is 22.5. The number of carboxylic acid groups (broad SMARTS) is 1. The maximum Gasteiger partial charge on any atom is 0.311 e. The third-order valence-electron chi connectivity index (χ3n) is 3.46. The van der Waals surface area contributed by atoms with E-state index in [9.17, 15) is 20.0 Å². The van der Waals surface area contributed by atoms with Gasteiger partial charge < -0.3 is 10.0 Å². The Balaban J connectivity index is 2.34. The number of nitrogens with zero attached hydrogens (tertiary/aromatic N) is 2. The van der Waals surface area contributed by atoms with Crippen LogP contribution >= 0.6 is 11.6 Å². The number of anilines is 1. The van der Waals surface area contributed by atoms with Crippen molar-refractivity contribution < 1.29 is 14.8 Å². The van der Waals surface area contributed by atoms with E-state index in [4.69, 9.17) is 11.6 Å². The zero-order valence-electron chi connectivity index (χ0n) is 10.3. The number of carboxylic acids is 1. The standard InChI is InChI=1S/C12H13ClN2O4/c1-12(11(16)17)4-5-14(7-12)9-3-2-8(13)6-10(9)15(18)19/h2-3,6H,4-5,7H2,1H3,(H,16,17). The number of halogens is 1. The summed E-state index contributed by atoms with van der Waals surface area (Å²) in [6, 6.07) is 4.42. The molecule has 7 heteroatoms. The van der Waals surface area contributed by atoms with Gasteiger partial charge in [0, 0.05) is 24.2 Å². The zero-order chi connectivity index (χ0) is 14.2. The highest BCUT2D eigenvalue weighted by atomic mass is 35.5. The number of nitro benzene ring substituents is 1. The number of hydrogen-bond acceptors (Lipinski definition) is 4. The molecule has 0 aromatic heterocycles. The second kappa shape index (κ2) is 4.70. The summed E-state index contributed by atoms with van der Waals surface area (Å²) in [5, 5.41) is 20.5. The number of nitro groups is 1. The van der Waals surface area contributed by atoms with Crippen molar-refractivity contribution in [1.29, 1.82) is 0 Å². The largest absolute Gasteiger partial charge is 0.481 e. The molecule has 0 spiro atoms. The summed E-state index contributed by atoms with van der Waals surface area (Å²) in [6.45, 7) is 2.38. The first-order valence-corrected chi connectivity index (χ1v) is 6.13. The molecule has 0 radical (unpaired) electrons. The lowest BCUT2D eigenvalue weighted by Crippen LogP contribution is -2.31. The molecule has 1 aromatic rings. The molecule has 2 rings (SSSR count). The highest BCUT2D eigenvalue weighted by Crippen LogP contribution is 2.38. The molecular formula is C12H13ClN2O4. The van der Waals surface area contributed by atoms with Crippen LogP contribution in [0.15, 0.2) is 18.2 Å². The summed E-state index contributed by atoms with van der Waals surface area (Å²) in [7, 11) is 0. The van der Waals surface area contributed by atoms with Crippen molar-refractivity contribution >= 4 is 28.9 Å². The number of aliphatic carboxylic acids is 1. The van der Waals surface area contributed by atoms with E-state index in [1.54, 1.807) is 24.0 Å². The van der Waals surface area contributed by atoms with Crippen LogP contribution in [-0.4, -0.2) is 29.1 Å². The lowest BCUT2D eigenvalue weighted by atomic mass is 9.90. The second-order valence-corrected chi connectivity index (χ2v) is 5.36. The smallest absolute Gasteiger partial charge is 0.311 e. The summed E-state index contributed by atoms with van der Waals surface area (Å²) in [4.78, 5) is 23.4. The molecule has 1 unspecified atom stereocenters. The fraction of sp³-hybridized carbons (Fsp3) is 0.417. The van der Waals surface area contributed by atoms with E-state index in [0.29, 0.717) is 18.7 Å². The Hall–Kier alpha value is -1.82. The summed E-state index contributed by atoms with van der Waals surface area (Å²) in [6.07, 6.45) is 0.460. The fourth-order valence-electron chi connectivity index (χ4n) is 2.25. The van der Waals surface area contributed by atoms with Crippen LogP contribution in [0.4, 0.5) is 11.4 Å². The Bertz CT molecular complexity index is 549. The molecule has 1 heterocycles. The predicted molar refractivity (Wildman–Crippen MR) is 70.7 cm³/mol. The molecular weight excluding hydrogens is 272 g/mol. The van der Waals surface area contributed by atoms with Crippen LogP contribution in [0.5, 0.6) is 0 Å². The molecule has 1 fully saturated rings. The first-order valence-electron chi connectivity index (χ1n) is 5.76. The van der Waals surface area contributed by atoms with Gasteiger partial charge in [-0.3, -0.25) is 14.9 Å². The van der Waals surface area contributed by atoms with Crippen LogP contribution in [0.25, 0.3) is 0 Å². The summed E-state index contributed by atoms with van der Waals surface area (Å²) in [5.74, 6) is -0.883. The number of hydrogen-bond donors (Lipinski definition) is 1. The van der Waals surface area contributed by atoms with E-state index in [1.807, 2.05) is 0 Å². The van der Waals surface area contributed by atoms with Gasteiger partial charge in [0.1, 0.15) is 5.69 Å². The molecule has 0 saturated carbocycles. The Morgan fingerprint density at radius 3 is 2.79 bits per heavy atom. The minimum Gasteiger partial charge on any atom is -0.481 e. The number of rotatable bonds is 3. The van der Waals surface area contributed by atoms with Crippen molar-refractivity contribution in [1.82, 2.24) is 0 Å². The predicted octanol–water partition coefficient (Wildman–Crippen LogP) is 2.55. The molecule has 0 aliphatic carbocycles. The minimum absolute atomic E-state index is 0.0952. The SMILES string of the molecule is CC1(C(=O)O)CCN(c2ccc(Cl)cc2[N+](=O)[O-])C1. The van der Waals surface area contributed by atoms with Gasteiger partial charge >= 0.3 is 5.97 Å². The van der Waals surface area contributed by atoms with E-state index in [-0.39, 0.29) is 17.3 Å². The van der Waals surface area contributed by atoms with Crippen molar-refractivity contribution in [3.8, 4) is 0 Å². The van der Waals surface area contributed by atoms with Gasteiger partial charge in [0.05, 0.1) is 10.3 Å². The van der Waals surface area contributed by atoms with Crippen LogP contribution < -0.4 is 4.90 Å². The summed E-state index contributed by atoms with van der Waals surface area (Å²) < 4.78 is 0. The molecule has 1 atom stereocenters. The number of carbonyl (C=O) groups is 1. The highest BCUT2D eigenvalue weighted by Gasteiger charge is 2.41. The van der Waals surface area contributed by atoms with E-state index in [1.165, 1.54) is 6.07 Å². The third-order valence-corrected chi connectivity index (χ3v) is 3.70. The minimum atomic E-state index is -0.883. The van der Waals surface area contributed by atoms with E-state index < -0.39 is 16.3 Å². The van der Waals surface area contributed by atoms with Crippen LogP contribution in [-0.2, 0) is 4.79 Å². The molecule has 1 saturated heterocycles. The fourth-order valence-corrected chi connectivity index (χ4v) is 2.42. The Morgan fingerprint density at radius 2 is 2.26 bits per heavy atom. The number of benzene rings is 1. The van der Waals surface area contributed by atoms with Crippen LogP contribution in [0.2, 0.25) is 5.02 Å². The molecule has 1 N–H and O–H groups in total. The molecule has 0 bridgehead atoms. The first kappa shape index (κ1) is 13.6. The van der Waals surface area contributed by atoms with Crippen LogP contribution in [0.1, 0.15) is 13.3 Å². The average molecular weight is 285 g/mol. The van der Waals surface area contributed by atoms with Gasteiger partial charge in [-0.15, -0.1) is 0 Å². The molecule has 1 aliphatic heterocycles. The van der Waals surface area contributed by atoms with Crippen molar-refractivity contribution in [3.05, 3.63) is 33.3 Å². The quantitative estimate of drug-likeness (QED) is 0.681. The topological polar surface area (TPSA) is 83.7 Å². The maximum atomic E-state index is 11.2. The highest BCUT2D eigenvalue weighted by molar-refractivity contribution is 6.30. The van der Waals surface area contributed by atoms with Crippen molar-refractivity contribution in [3.63, 3.8) is 0 Å². The van der Waals surface area contributed by atoms with Gasteiger partial charge in [-0.05, 0) is 25.5 Å². The monoisotopic (exact) mass is 284 g/mol. The molecule has 6 nitrogen and oxygen atoms in total. The van der Waals surface area contributed by atoms with Crippen LogP contribution in [0.3, 0.4) is 0 Å². The first-order chi connectivity index (χ1) is 8.83. The third kappa shape index (κ3) is 2.49. The van der Waals surface area contributed by atoms with Crippen LogP contribution in [0, 0.1) is 15.5 Å². The van der Waals surface area contributed by atoms with E-state index in [0.717, 1.165) is 0 Å². The molecule has 1 aliphatic rings. The van der Waals surface area contributed by atoms with Gasteiger partial charge in [0.15, 0.2) is 0 Å². The van der Waals surface area contributed by atoms with Gasteiger partial charge in [-0.1, -0.05) is 11.6 Å². The summed E-state index contributed by atoms with van der Waals surface area (Å²) >= 11 is 5.76. The Labute approximate surface area is 114 Å². The second-order valence-electron chi connectivity index (χ2n) is 4.93. The van der Waals surface area contributed by atoms with Gasteiger partial charge in [0.2, 0.25) is 0 Å². The molecule has 0 amide bonds. The molecule has 19 heavy (non-hydrogen) atoms. The zero-order valence-corrected chi connectivity index (χ0v) is 11.1.